The van der Waals surface area contributed by atoms with Gasteiger partial charge in [0.1, 0.15) is 24.3 Å². The number of rotatable bonds is 14. The first-order valence-electron chi connectivity index (χ1n) is 12.7. The maximum Gasteiger partial charge on any atom is 0.247 e. The van der Waals surface area contributed by atoms with E-state index in [1.165, 1.54) is 26.2 Å². The average Bonchev–Trinajstić information content (AvgIpc) is 3.71. The predicted octanol–water partition coefficient (Wildman–Crippen LogP) is 2.03. The van der Waals surface area contributed by atoms with Crippen LogP contribution in [0.1, 0.15) is 55.8 Å². The number of hydrogen-bond acceptors (Lipinski definition) is 8. The number of ketones is 1. The van der Waals surface area contributed by atoms with Crippen molar-refractivity contribution in [3.8, 4) is 11.5 Å². The minimum absolute atomic E-state index is 0.00706. The van der Waals surface area contributed by atoms with Gasteiger partial charge in [0.2, 0.25) is 11.8 Å². The molecule has 2 aliphatic carbocycles. The summed E-state index contributed by atoms with van der Waals surface area (Å²) in [6.07, 6.45) is 3.02. The minimum Gasteiger partial charge on any atom is -0.493 e. The third-order valence-electron chi connectivity index (χ3n) is 6.65. The van der Waals surface area contributed by atoms with Crippen molar-refractivity contribution in [3.63, 3.8) is 0 Å². The number of hydrogen-bond donors (Lipinski definition) is 3. The van der Waals surface area contributed by atoms with Gasteiger partial charge in [0.05, 0.1) is 23.3 Å². The Morgan fingerprint density at radius 3 is 2.58 bits per heavy atom. The summed E-state index contributed by atoms with van der Waals surface area (Å²) in [5.41, 5.74) is 0.724. The predicted molar refractivity (Wildman–Crippen MR) is 147 cm³/mol. The van der Waals surface area contributed by atoms with E-state index in [0.717, 1.165) is 12.8 Å². The molecule has 10 nitrogen and oxygen atoms in total. The lowest BCUT2D eigenvalue weighted by atomic mass is 9.87. The SMILES string of the molecule is COc1cc(C=O)cc(I)c1O[C@H]1C=C(C(=O)NCCO)C[C@@H](N(CC2CC2)C(=O)CCCC(C)=O)[C@@H]1O. The largest absolute Gasteiger partial charge is 0.493 e. The Hall–Kier alpha value is -2.51. The Kier molecular flexibility index (Phi) is 11.1. The van der Waals surface area contributed by atoms with E-state index in [-0.39, 0.29) is 37.7 Å². The molecule has 0 saturated heterocycles. The number of methoxy groups -OCH3 is 1. The van der Waals surface area contributed by atoms with Crippen LogP contribution < -0.4 is 14.8 Å². The summed E-state index contributed by atoms with van der Waals surface area (Å²) in [4.78, 5) is 50.6. The van der Waals surface area contributed by atoms with Crippen molar-refractivity contribution in [2.75, 3.05) is 26.8 Å². The number of carbonyl (C=O) groups excluding carboxylic acids is 4. The molecule has 0 unspecified atom stereocenters. The van der Waals surface area contributed by atoms with Crippen molar-refractivity contribution in [2.24, 2.45) is 5.92 Å². The normalized spacial score (nSPS) is 20.8. The summed E-state index contributed by atoms with van der Waals surface area (Å²) in [5, 5.41) is 23.3. The Balaban J connectivity index is 1.94. The van der Waals surface area contributed by atoms with E-state index in [0.29, 0.717) is 57.8 Å². The monoisotopic (exact) mass is 642 g/mol. The molecule has 0 aromatic heterocycles. The molecule has 1 aromatic carbocycles. The number of aldehydes is 1. The first-order valence-corrected chi connectivity index (χ1v) is 13.8. The molecule has 0 heterocycles. The molecule has 1 aromatic rings. The van der Waals surface area contributed by atoms with E-state index < -0.39 is 24.2 Å². The molecule has 1 saturated carbocycles. The molecule has 2 amide bonds. The smallest absolute Gasteiger partial charge is 0.247 e. The number of ether oxygens (including phenoxy) is 2. The van der Waals surface area contributed by atoms with Gasteiger partial charge in [-0.2, -0.15) is 0 Å². The van der Waals surface area contributed by atoms with Crippen LogP contribution in [0.2, 0.25) is 0 Å². The van der Waals surface area contributed by atoms with Gasteiger partial charge in [-0.05, 0) is 72.9 Å². The van der Waals surface area contributed by atoms with Gasteiger partial charge in [0, 0.05) is 43.5 Å². The third kappa shape index (κ3) is 8.00. The first-order chi connectivity index (χ1) is 18.2. The van der Waals surface area contributed by atoms with Crippen molar-refractivity contribution in [1.29, 1.82) is 0 Å². The Labute approximate surface area is 235 Å². The molecule has 38 heavy (non-hydrogen) atoms. The van der Waals surface area contributed by atoms with Crippen LogP contribution in [-0.2, 0) is 14.4 Å². The minimum atomic E-state index is -1.16. The van der Waals surface area contributed by atoms with Crippen molar-refractivity contribution in [3.05, 3.63) is 32.9 Å². The molecule has 0 aliphatic heterocycles. The van der Waals surface area contributed by atoms with Gasteiger partial charge in [-0.25, -0.2) is 0 Å². The van der Waals surface area contributed by atoms with Crippen LogP contribution in [0.25, 0.3) is 0 Å². The highest BCUT2D eigenvalue weighted by Gasteiger charge is 2.42. The fraction of sp³-hybridized carbons (Fsp3) is 0.556. The zero-order chi connectivity index (χ0) is 27.8. The summed E-state index contributed by atoms with van der Waals surface area (Å²) >= 11 is 2.01. The maximum atomic E-state index is 13.3. The Bertz CT molecular complexity index is 1070. The number of carbonyl (C=O) groups is 4. The molecule has 2 aliphatic rings. The molecule has 3 N–H and O–H groups in total. The molecule has 3 rings (SSSR count). The quantitative estimate of drug-likeness (QED) is 0.207. The van der Waals surface area contributed by atoms with Gasteiger partial charge in [-0.15, -0.1) is 0 Å². The number of aliphatic hydroxyl groups is 2. The summed E-state index contributed by atoms with van der Waals surface area (Å²) in [6.45, 7) is 1.77. The fourth-order valence-electron chi connectivity index (χ4n) is 4.47. The molecule has 0 radical (unpaired) electrons. The van der Waals surface area contributed by atoms with E-state index in [1.807, 2.05) is 22.6 Å². The van der Waals surface area contributed by atoms with Gasteiger partial charge in [0.15, 0.2) is 11.5 Å². The van der Waals surface area contributed by atoms with Crippen molar-refractivity contribution < 1.29 is 38.9 Å². The summed E-state index contributed by atoms with van der Waals surface area (Å²) in [6, 6.07) is 2.41. The lowest BCUT2D eigenvalue weighted by molar-refractivity contribution is -0.139. The topological polar surface area (TPSA) is 142 Å². The van der Waals surface area contributed by atoms with Crippen LogP contribution in [0.5, 0.6) is 11.5 Å². The molecule has 208 valence electrons. The summed E-state index contributed by atoms with van der Waals surface area (Å²) < 4.78 is 12.2. The van der Waals surface area contributed by atoms with E-state index >= 15 is 0 Å². The van der Waals surface area contributed by atoms with E-state index in [1.54, 1.807) is 11.0 Å². The van der Waals surface area contributed by atoms with Gasteiger partial charge in [-0.3, -0.25) is 14.4 Å². The molecule has 3 atom stereocenters. The number of amides is 2. The summed E-state index contributed by atoms with van der Waals surface area (Å²) in [7, 11) is 1.44. The maximum absolute atomic E-state index is 13.3. The van der Waals surface area contributed by atoms with Crippen LogP contribution in [0.3, 0.4) is 0 Å². The zero-order valence-electron chi connectivity index (χ0n) is 21.7. The molecule has 1 fully saturated rings. The molecular weight excluding hydrogens is 607 g/mol. The van der Waals surface area contributed by atoms with Gasteiger partial charge >= 0.3 is 0 Å². The second-order valence-electron chi connectivity index (χ2n) is 9.71. The van der Waals surface area contributed by atoms with Gasteiger partial charge < -0.3 is 34.7 Å². The van der Waals surface area contributed by atoms with E-state index in [9.17, 15) is 24.3 Å². The van der Waals surface area contributed by atoms with Gasteiger partial charge in [0.25, 0.3) is 0 Å². The summed E-state index contributed by atoms with van der Waals surface area (Å²) in [5.74, 6) is 0.332. The highest BCUT2D eigenvalue weighted by molar-refractivity contribution is 14.1. The number of Topliss-reactive ketones (excluding diaryl/α,β-unsaturated/α-hetero) is 1. The fourth-order valence-corrected chi connectivity index (χ4v) is 5.22. The standard InChI is InChI=1S/C27H35IN2O8/c1-16(33)4-3-5-24(34)30(14-17-6-7-17)21-12-19(27(36)29-8-9-31)13-22(25(21)35)38-26-20(28)10-18(15-32)11-23(26)37-2/h10-11,13,15,17,21-22,25,31,35H,3-9,12,14H2,1-2H3,(H,29,36)/t21-,22+,25+/m1/s1. The molecule has 11 heteroatoms. The number of nitrogens with zero attached hydrogens (tertiary/aromatic N) is 1. The Morgan fingerprint density at radius 1 is 1.24 bits per heavy atom. The van der Waals surface area contributed by atoms with E-state index in [4.69, 9.17) is 14.6 Å². The van der Waals surface area contributed by atoms with Crippen molar-refractivity contribution >= 4 is 46.5 Å². The number of aliphatic hydroxyl groups excluding tert-OH is 2. The highest BCUT2D eigenvalue weighted by Crippen LogP contribution is 2.38. The Morgan fingerprint density at radius 2 is 1.97 bits per heavy atom. The number of nitrogens with one attached hydrogen (secondary N) is 1. The highest BCUT2D eigenvalue weighted by atomic mass is 127. The van der Waals surface area contributed by atoms with Crippen LogP contribution in [0.15, 0.2) is 23.8 Å². The van der Waals surface area contributed by atoms with Crippen LogP contribution in [-0.4, -0.2) is 84.1 Å². The number of benzene rings is 1. The lowest BCUT2D eigenvalue weighted by Gasteiger charge is -2.41. The number of halogens is 1. The lowest BCUT2D eigenvalue weighted by Crippen LogP contribution is -2.55. The average molecular weight is 642 g/mol. The van der Waals surface area contributed by atoms with Crippen LogP contribution in [0.4, 0.5) is 0 Å². The van der Waals surface area contributed by atoms with Crippen LogP contribution >= 0.6 is 22.6 Å². The molecule has 0 spiro atoms. The van der Waals surface area contributed by atoms with Gasteiger partial charge in [-0.1, -0.05) is 0 Å². The molecular formula is C27H35IN2O8. The van der Waals surface area contributed by atoms with Crippen molar-refractivity contribution in [1.82, 2.24) is 10.2 Å². The van der Waals surface area contributed by atoms with Crippen LogP contribution in [0, 0.1) is 9.49 Å². The second kappa shape index (κ2) is 14.0. The molecule has 0 bridgehead atoms. The second-order valence-corrected chi connectivity index (χ2v) is 10.9. The van der Waals surface area contributed by atoms with Crippen molar-refractivity contribution in [2.45, 2.75) is 63.7 Å². The zero-order valence-corrected chi connectivity index (χ0v) is 23.8. The first kappa shape index (κ1) is 30.0. The third-order valence-corrected chi connectivity index (χ3v) is 7.45. The van der Waals surface area contributed by atoms with E-state index in [2.05, 4.69) is 5.32 Å².